The molecule has 0 fully saturated rings. The van der Waals surface area contributed by atoms with Crippen molar-refractivity contribution in [3.63, 3.8) is 0 Å². The van der Waals surface area contributed by atoms with Gasteiger partial charge in [0.05, 0.1) is 29.1 Å². The van der Waals surface area contributed by atoms with Gasteiger partial charge in [0.1, 0.15) is 15.6 Å². The van der Waals surface area contributed by atoms with Crippen LogP contribution in [0.3, 0.4) is 0 Å². The van der Waals surface area contributed by atoms with E-state index in [1.807, 2.05) is 0 Å². The van der Waals surface area contributed by atoms with Gasteiger partial charge in [0.25, 0.3) is 11.8 Å². The zero-order valence-electron chi connectivity index (χ0n) is 19.0. The minimum atomic E-state index is -5.09. The Kier molecular flexibility index (Phi) is 7.67. The Balaban J connectivity index is 1.92. The summed E-state index contributed by atoms with van der Waals surface area (Å²) in [6, 6.07) is -0.347. The molecule has 1 aromatic carbocycles. The second-order valence-corrected chi connectivity index (χ2v) is 8.66. The van der Waals surface area contributed by atoms with Gasteiger partial charge in [0.15, 0.2) is 0 Å². The van der Waals surface area contributed by atoms with Gasteiger partial charge < -0.3 is 10.2 Å². The molecule has 3 rings (SSSR count). The summed E-state index contributed by atoms with van der Waals surface area (Å²) in [7, 11) is 1.62. The normalized spacial score (nSPS) is 12.8. The highest BCUT2D eigenvalue weighted by Gasteiger charge is 2.37. The molecule has 0 radical (unpaired) electrons. The Morgan fingerprint density at radius 3 is 2.14 bits per heavy atom. The van der Waals surface area contributed by atoms with Crippen molar-refractivity contribution in [2.75, 3.05) is 13.6 Å². The zero-order valence-corrected chi connectivity index (χ0v) is 19.8. The Labute approximate surface area is 205 Å². The van der Waals surface area contributed by atoms with Crippen LogP contribution < -0.4 is 5.32 Å². The van der Waals surface area contributed by atoms with E-state index in [1.165, 1.54) is 30.4 Å². The van der Waals surface area contributed by atoms with Gasteiger partial charge in [-0.05, 0) is 32.0 Å². The number of amides is 2. The van der Waals surface area contributed by atoms with Crippen LogP contribution in [0.25, 0.3) is 10.7 Å². The second-order valence-electron chi connectivity index (χ2n) is 7.63. The molecule has 2 amide bonds. The lowest BCUT2D eigenvalue weighted by Crippen LogP contribution is -2.28. The number of hydrogen-bond donors (Lipinski definition) is 1. The van der Waals surface area contributed by atoms with Crippen LogP contribution in [0.1, 0.15) is 56.7 Å². The van der Waals surface area contributed by atoms with E-state index in [2.05, 4.69) is 20.3 Å². The van der Waals surface area contributed by atoms with E-state index in [0.717, 1.165) is 11.3 Å². The van der Waals surface area contributed by atoms with Crippen molar-refractivity contribution >= 4 is 23.2 Å². The van der Waals surface area contributed by atoms with Crippen molar-refractivity contribution in [1.82, 2.24) is 25.2 Å². The quantitative estimate of drug-likeness (QED) is 0.441. The minimum absolute atomic E-state index is 0.0572. The first-order valence-electron chi connectivity index (χ1n) is 10.3. The molecule has 192 valence electrons. The number of nitrogens with one attached hydrogen (secondary N) is 1. The lowest BCUT2D eigenvalue weighted by atomic mass is 10.0. The van der Waals surface area contributed by atoms with Gasteiger partial charge in [0.2, 0.25) is 0 Å². The number of hydrogen-bond acceptors (Lipinski definition) is 6. The Hall–Kier alpha value is -3.55. The van der Waals surface area contributed by atoms with Crippen LogP contribution in [0.5, 0.6) is 0 Å². The van der Waals surface area contributed by atoms with Crippen LogP contribution in [0.2, 0.25) is 0 Å². The summed E-state index contributed by atoms with van der Waals surface area (Å²) in [4.78, 5) is 39.4. The van der Waals surface area contributed by atoms with Gasteiger partial charge in [-0.15, -0.1) is 11.3 Å². The Bertz CT molecular complexity index is 1240. The van der Waals surface area contributed by atoms with Crippen molar-refractivity contribution < 1.29 is 35.9 Å². The van der Waals surface area contributed by atoms with Crippen LogP contribution in [-0.2, 0) is 12.4 Å². The van der Waals surface area contributed by atoms with Crippen LogP contribution in [0, 0.1) is 0 Å². The van der Waals surface area contributed by atoms with Gasteiger partial charge in [-0.2, -0.15) is 26.3 Å². The van der Waals surface area contributed by atoms with Crippen molar-refractivity contribution in [3.8, 4) is 10.7 Å². The minimum Gasteiger partial charge on any atom is -0.344 e. The van der Waals surface area contributed by atoms with E-state index < -0.39 is 41.0 Å². The van der Waals surface area contributed by atoms with Crippen LogP contribution >= 0.6 is 11.3 Å². The molecule has 0 saturated heterocycles. The molecule has 3 aromatic rings. The molecule has 1 atom stereocenters. The number of benzene rings is 1. The van der Waals surface area contributed by atoms with Crippen LogP contribution in [0.15, 0.2) is 36.8 Å². The van der Waals surface area contributed by atoms with Crippen molar-refractivity contribution in [2.24, 2.45) is 0 Å². The molecule has 0 spiro atoms. The summed E-state index contributed by atoms with van der Waals surface area (Å²) >= 11 is 1.03. The predicted molar refractivity (Wildman–Crippen MR) is 118 cm³/mol. The molecule has 2 heterocycles. The largest absolute Gasteiger partial charge is 0.416 e. The summed E-state index contributed by atoms with van der Waals surface area (Å²) in [5, 5.41) is 2.66. The molecule has 7 nitrogen and oxygen atoms in total. The summed E-state index contributed by atoms with van der Waals surface area (Å²) in [6.45, 7) is 3.71. The lowest BCUT2D eigenvalue weighted by Gasteiger charge is -2.17. The third-order valence-electron chi connectivity index (χ3n) is 5.07. The fraction of sp³-hybridized carbons (Fsp3) is 0.318. The number of rotatable bonds is 6. The number of thiazole rings is 1. The maximum absolute atomic E-state index is 13.1. The Morgan fingerprint density at radius 2 is 1.58 bits per heavy atom. The first-order chi connectivity index (χ1) is 16.7. The maximum atomic E-state index is 13.1. The summed E-state index contributed by atoms with van der Waals surface area (Å²) in [5.74, 6) is -1.44. The molecule has 1 N–H and O–H groups in total. The molecule has 0 aliphatic carbocycles. The molecule has 0 bridgehead atoms. The van der Waals surface area contributed by atoms with Gasteiger partial charge in [-0.1, -0.05) is 0 Å². The summed E-state index contributed by atoms with van der Waals surface area (Å²) in [5.41, 5.74) is -3.67. The number of carbonyl (C=O) groups excluding carboxylic acids is 2. The average Bonchev–Trinajstić information content (AvgIpc) is 3.31. The third kappa shape index (κ3) is 5.98. The van der Waals surface area contributed by atoms with Gasteiger partial charge in [-0.3, -0.25) is 19.6 Å². The molecule has 0 aliphatic heterocycles. The van der Waals surface area contributed by atoms with E-state index in [4.69, 9.17) is 0 Å². The predicted octanol–water partition coefficient (Wildman–Crippen LogP) is 5.22. The molecule has 36 heavy (non-hydrogen) atoms. The molecule has 0 saturated carbocycles. The van der Waals surface area contributed by atoms with Crippen molar-refractivity contribution in [3.05, 3.63) is 64.1 Å². The van der Waals surface area contributed by atoms with Crippen molar-refractivity contribution in [1.29, 1.82) is 0 Å². The molecule has 1 unspecified atom stereocenters. The molecular weight excluding hydrogens is 512 g/mol. The van der Waals surface area contributed by atoms with Gasteiger partial charge >= 0.3 is 12.4 Å². The van der Waals surface area contributed by atoms with E-state index in [0.29, 0.717) is 28.6 Å². The Morgan fingerprint density at radius 1 is 1.00 bits per heavy atom. The molecule has 14 heteroatoms. The van der Waals surface area contributed by atoms with Gasteiger partial charge in [-0.25, -0.2) is 4.98 Å². The fourth-order valence-electron chi connectivity index (χ4n) is 3.08. The number of nitrogens with zero attached hydrogens (tertiary/aromatic N) is 4. The second kappa shape index (κ2) is 10.2. The average molecular weight is 531 g/mol. The maximum Gasteiger partial charge on any atom is 0.416 e. The first kappa shape index (κ1) is 27.0. The zero-order chi connectivity index (χ0) is 26.8. The number of halogens is 6. The smallest absolute Gasteiger partial charge is 0.344 e. The number of aromatic nitrogens is 3. The fourth-order valence-corrected chi connectivity index (χ4v) is 4.00. The standard InChI is InChI=1S/C22H19F6N5O2S/c1-4-33(3)20(35)15-10-31-19(36-15)17-16(29-5-6-30-17)11(2)32-18(34)12-7-13(21(23,24)25)9-14(8-12)22(26,27)28/h5-11H,4H2,1-3H3,(H,32,34). The highest BCUT2D eigenvalue weighted by atomic mass is 32.1. The van der Waals surface area contributed by atoms with Gasteiger partial charge in [0, 0.05) is 31.5 Å². The third-order valence-corrected chi connectivity index (χ3v) is 6.07. The molecule has 0 aliphatic rings. The highest BCUT2D eigenvalue weighted by Crippen LogP contribution is 2.36. The van der Waals surface area contributed by atoms with E-state index in [-0.39, 0.29) is 23.4 Å². The van der Waals surface area contributed by atoms with E-state index in [9.17, 15) is 35.9 Å². The van der Waals surface area contributed by atoms with Crippen LogP contribution in [0.4, 0.5) is 26.3 Å². The number of carbonyl (C=O) groups is 2. The van der Waals surface area contributed by atoms with E-state index in [1.54, 1.807) is 14.0 Å². The summed E-state index contributed by atoms with van der Waals surface area (Å²) in [6.07, 6.45) is -6.18. The van der Waals surface area contributed by atoms with Crippen LogP contribution in [-0.4, -0.2) is 45.3 Å². The topological polar surface area (TPSA) is 88.1 Å². The lowest BCUT2D eigenvalue weighted by molar-refractivity contribution is -0.143. The summed E-state index contributed by atoms with van der Waals surface area (Å²) < 4.78 is 78.9. The number of alkyl halides is 6. The molecule has 2 aromatic heterocycles. The highest BCUT2D eigenvalue weighted by molar-refractivity contribution is 7.16. The SMILES string of the molecule is CCN(C)C(=O)c1cnc(-c2nccnc2C(C)NC(=O)c2cc(C(F)(F)F)cc(C(F)(F)F)c2)s1. The monoisotopic (exact) mass is 531 g/mol. The van der Waals surface area contributed by atoms with E-state index >= 15 is 0 Å². The van der Waals surface area contributed by atoms with Crippen molar-refractivity contribution in [2.45, 2.75) is 32.2 Å². The molecular formula is C22H19F6N5O2S. The first-order valence-corrected chi connectivity index (χ1v) is 11.2.